The van der Waals surface area contributed by atoms with Crippen molar-refractivity contribution < 1.29 is 34.1 Å². The monoisotopic (exact) mass is 526 g/mol. The molecule has 0 aromatic heterocycles. The first-order valence-electron chi connectivity index (χ1n) is 12.4. The van der Waals surface area contributed by atoms with Crippen LogP contribution in [0.3, 0.4) is 0 Å². The van der Waals surface area contributed by atoms with Gasteiger partial charge in [-0.3, -0.25) is 19.2 Å². The first-order valence-corrected chi connectivity index (χ1v) is 12.4. The maximum Gasteiger partial charge on any atom is 0.253 e. The van der Waals surface area contributed by atoms with Gasteiger partial charge in [0, 0.05) is 13.0 Å². The van der Waals surface area contributed by atoms with Crippen LogP contribution in [0.2, 0.25) is 0 Å². The number of aromatic hydroxyl groups is 2. The molecule has 1 heterocycles. The Morgan fingerprint density at radius 1 is 0.842 bits per heavy atom. The molecule has 11 heteroatoms. The van der Waals surface area contributed by atoms with Crippen LogP contribution in [0.5, 0.6) is 11.5 Å². The molecular weight excluding hydrogens is 492 g/mol. The second-order valence-corrected chi connectivity index (χ2v) is 9.71. The second kappa shape index (κ2) is 12.9. The molecule has 1 saturated heterocycles. The maximum atomic E-state index is 13.0. The Morgan fingerprint density at radius 3 is 1.95 bits per heavy atom. The number of amides is 4. The van der Waals surface area contributed by atoms with E-state index in [1.807, 2.05) is 13.8 Å². The fourth-order valence-corrected chi connectivity index (χ4v) is 3.92. The molecule has 0 aliphatic carbocycles. The van der Waals surface area contributed by atoms with Crippen LogP contribution in [0.1, 0.15) is 31.4 Å². The van der Waals surface area contributed by atoms with Gasteiger partial charge < -0.3 is 36.6 Å². The van der Waals surface area contributed by atoms with Crippen LogP contribution >= 0.6 is 0 Å². The summed E-state index contributed by atoms with van der Waals surface area (Å²) in [5.74, 6) is -2.09. The average molecular weight is 527 g/mol. The van der Waals surface area contributed by atoms with Gasteiger partial charge in [0.15, 0.2) is 12.2 Å². The standard InChI is InChI=1S/C27H34N4O7/c1-15(2)13-21(25(35)30-20(24(28)34)14-17-5-9-19(33)10-6-17)31-27(37)23-22(38-23)26(36)29-12-11-16-3-7-18(32)8-4-16/h3-10,15,20-23,32-33H,11-14H2,1-2H3,(H2,28,34)(H,29,36)(H,30,35)(H,31,37)/t20-,21-,22-,23-/m0/s1. The van der Waals surface area contributed by atoms with Crippen LogP contribution in [0.25, 0.3) is 0 Å². The number of benzene rings is 2. The normalized spacial score (nSPS) is 17.8. The molecule has 0 radical (unpaired) electrons. The van der Waals surface area contributed by atoms with E-state index in [-0.39, 0.29) is 23.8 Å². The molecule has 1 aliphatic heterocycles. The predicted octanol–water partition coefficient (Wildman–Crippen LogP) is 0.268. The minimum atomic E-state index is -1.03. The fraction of sp³-hybridized carbons (Fsp3) is 0.407. The summed E-state index contributed by atoms with van der Waals surface area (Å²) in [5, 5.41) is 26.7. The average Bonchev–Trinajstić information content (AvgIpc) is 3.66. The molecule has 4 amide bonds. The number of nitrogens with two attached hydrogens (primary N) is 1. The molecule has 0 unspecified atom stereocenters. The fourth-order valence-electron chi connectivity index (χ4n) is 3.92. The zero-order valence-electron chi connectivity index (χ0n) is 21.3. The molecule has 1 fully saturated rings. The van der Waals surface area contributed by atoms with Crippen LogP contribution in [-0.4, -0.2) is 64.7 Å². The van der Waals surface area contributed by atoms with Gasteiger partial charge in [-0.2, -0.15) is 0 Å². The Kier molecular flexibility index (Phi) is 9.66. The zero-order chi connectivity index (χ0) is 27.8. The van der Waals surface area contributed by atoms with Crippen molar-refractivity contribution in [1.82, 2.24) is 16.0 Å². The molecule has 3 rings (SSSR count). The summed E-state index contributed by atoms with van der Waals surface area (Å²) in [6, 6.07) is 10.8. The van der Waals surface area contributed by atoms with E-state index in [2.05, 4.69) is 16.0 Å². The van der Waals surface area contributed by atoms with E-state index in [1.165, 1.54) is 12.1 Å². The molecule has 7 N–H and O–H groups in total. The summed E-state index contributed by atoms with van der Waals surface area (Å²) in [6.07, 6.45) is -1.03. The van der Waals surface area contributed by atoms with Crippen molar-refractivity contribution in [1.29, 1.82) is 0 Å². The van der Waals surface area contributed by atoms with Gasteiger partial charge in [0.1, 0.15) is 23.6 Å². The summed E-state index contributed by atoms with van der Waals surface area (Å²) in [5.41, 5.74) is 7.10. The van der Waals surface area contributed by atoms with Gasteiger partial charge >= 0.3 is 0 Å². The van der Waals surface area contributed by atoms with Crippen molar-refractivity contribution in [3.8, 4) is 11.5 Å². The number of phenolic OH excluding ortho intramolecular Hbond substituents is 2. The maximum absolute atomic E-state index is 13.0. The number of carbonyl (C=O) groups is 4. The highest BCUT2D eigenvalue weighted by atomic mass is 16.6. The molecule has 1 aliphatic rings. The lowest BCUT2D eigenvalue weighted by atomic mass is 10.0. The first kappa shape index (κ1) is 28.5. The van der Waals surface area contributed by atoms with Gasteiger partial charge in [0.25, 0.3) is 11.8 Å². The number of phenols is 2. The van der Waals surface area contributed by atoms with Gasteiger partial charge in [0.05, 0.1) is 0 Å². The lowest BCUT2D eigenvalue weighted by molar-refractivity contribution is -0.132. The molecule has 0 spiro atoms. The summed E-state index contributed by atoms with van der Waals surface area (Å²) in [4.78, 5) is 50.1. The van der Waals surface area contributed by atoms with Crippen molar-refractivity contribution in [3.63, 3.8) is 0 Å². The van der Waals surface area contributed by atoms with Crippen LogP contribution in [0.15, 0.2) is 48.5 Å². The van der Waals surface area contributed by atoms with Gasteiger partial charge in [-0.25, -0.2) is 0 Å². The lowest BCUT2D eigenvalue weighted by Gasteiger charge is -2.23. The largest absolute Gasteiger partial charge is 0.508 e. The van der Waals surface area contributed by atoms with Crippen LogP contribution in [0.4, 0.5) is 0 Å². The minimum Gasteiger partial charge on any atom is -0.508 e. The van der Waals surface area contributed by atoms with E-state index >= 15 is 0 Å². The number of hydrogen-bond acceptors (Lipinski definition) is 7. The molecule has 0 saturated carbocycles. The van der Waals surface area contributed by atoms with E-state index < -0.39 is 47.9 Å². The van der Waals surface area contributed by atoms with Gasteiger partial charge in [-0.05, 0) is 54.2 Å². The first-order chi connectivity index (χ1) is 18.0. The van der Waals surface area contributed by atoms with Gasteiger partial charge in [0.2, 0.25) is 11.8 Å². The van der Waals surface area contributed by atoms with Gasteiger partial charge in [-0.1, -0.05) is 38.1 Å². The van der Waals surface area contributed by atoms with E-state index in [4.69, 9.17) is 10.5 Å². The number of hydrogen-bond donors (Lipinski definition) is 6. The molecule has 204 valence electrons. The predicted molar refractivity (Wildman–Crippen MR) is 138 cm³/mol. The van der Waals surface area contributed by atoms with Crippen molar-refractivity contribution in [2.45, 2.75) is 57.4 Å². The van der Waals surface area contributed by atoms with Crippen molar-refractivity contribution >= 4 is 23.6 Å². The SMILES string of the molecule is CC(C)C[C@H](NC(=O)[C@H]1O[C@@H]1C(=O)NCCc1ccc(O)cc1)C(=O)N[C@@H](Cc1ccc(O)cc1)C(N)=O. The molecular formula is C27H34N4O7. The van der Waals surface area contributed by atoms with E-state index in [1.54, 1.807) is 36.4 Å². The minimum absolute atomic E-state index is 0.0364. The summed E-state index contributed by atoms with van der Waals surface area (Å²) >= 11 is 0. The Labute approximate surface area is 220 Å². The Morgan fingerprint density at radius 2 is 1.39 bits per heavy atom. The topological polar surface area (TPSA) is 183 Å². The Hall–Kier alpha value is -4.12. The van der Waals surface area contributed by atoms with Crippen molar-refractivity contribution in [2.24, 2.45) is 11.7 Å². The third kappa shape index (κ3) is 8.48. The van der Waals surface area contributed by atoms with Crippen LogP contribution in [0, 0.1) is 5.92 Å². The third-order valence-corrected chi connectivity index (χ3v) is 6.03. The Balaban J connectivity index is 1.52. The summed E-state index contributed by atoms with van der Waals surface area (Å²) < 4.78 is 5.27. The molecule has 2 aromatic carbocycles. The number of nitrogens with one attached hydrogen (secondary N) is 3. The Bertz CT molecular complexity index is 1140. The smallest absolute Gasteiger partial charge is 0.253 e. The second-order valence-electron chi connectivity index (χ2n) is 9.71. The highest BCUT2D eigenvalue weighted by Crippen LogP contribution is 2.23. The number of primary amides is 1. The van der Waals surface area contributed by atoms with Gasteiger partial charge in [-0.15, -0.1) is 0 Å². The molecule has 0 bridgehead atoms. The lowest BCUT2D eigenvalue weighted by Crippen LogP contribution is -2.54. The zero-order valence-corrected chi connectivity index (χ0v) is 21.3. The van der Waals surface area contributed by atoms with E-state index in [9.17, 15) is 29.4 Å². The number of carbonyl (C=O) groups excluding carboxylic acids is 4. The molecule has 2 aromatic rings. The quantitative estimate of drug-likeness (QED) is 0.202. The number of epoxide rings is 1. The highest BCUT2D eigenvalue weighted by Gasteiger charge is 2.50. The molecule has 38 heavy (non-hydrogen) atoms. The van der Waals surface area contributed by atoms with E-state index in [0.29, 0.717) is 24.9 Å². The van der Waals surface area contributed by atoms with Crippen molar-refractivity contribution in [3.05, 3.63) is 59.7 Å². The highest BCUT2D eigenvalue weighted by molar-refractivity contribution is 5.97. The van der Waals surface area contributed by atoms with Crippen molar-refractivity contribution in [2.75, 3.05) is 6.54 Å². The van der Waals surface area contributed by atoms with Crippen LogP contribution < -0.4 is 21.7 Å². The van der Waals surface area contributed by atoms with E-state index in [0.717, 1.165) is 5.56 Å². The third-order valence-electron chi connectivity index (χ3n) is 6.03. The molecule has 11 nitrogen and oxygen atoms in total. The number of rotatable bonds is 13. The molecule has 4 atom stereocenters. The summed E-state index contributed by atoms with van der Waals surface area (Å²) in [6.45, 7) is 4.09. The van der Waals surface area contributed by atoms with Crippen LogP contribution in [-0.2, 0) is 36.8 Å². The summed E-state index contributed by atoms with van der Waals surface area (Å²) in [7, 11) is 0. The number of ether oxygens (including phenoxy) is 1.